The first-order valence-electron chi connectivity index (χ1n) is 11.8. The summed E-state index contributed by atoms with van der Waals surface area (Å²) < 4.78 is 23.2. The van der Waals surface area contributed by atoms with E-state index in [4.69, 9.17) is 18.0 Å². The van der Waals surface area contributed by atoms with Gasteiger partial charge in [-0.1, -0.05) is 23.3 Å². The molecule has 0 aromatic rings. The Kier molecular flexibility index (Phi) is 15.9. The van der Waals surface area contributed by atoms with Crippen molar-refractivity contribution in [3.05, 3.63) is 23.3 Å². The molecule has 0 rings (SSSR count). The highest BCUT2D eigenvalue weighted by Gasteiger charge is 2.39. The van der Waals surface area contributed by atoms with Crippen LogP contribution in [0.4, 0.5) is 4.79 Å². The molecule has 0 radical (unpaired) electrons. The Hall–Kier alpha value is -1.15. The van der Waals surface area contributed by atoms with Crippen molar-refractivity contribution in [2.75, 3.05) is 26.4 Å². The zero-order valence-electron chi connectivity index (χ0n) is 21.3. The van der Waals surface area contributed by atoms with Crippen molar-refractivity contribution in [1.82, 2.24) is 5.32 Å². The van der Waals surface area contributed by atoms with Crippen molar-refractivity contribution in [3.8, 4) is 0 Å². The fourth-order valence-electron chi connectivity index (χ4n) is 3.19. The van der Waals surface area contributed by atoms with Gasteiger partial charge in [-0.2, -0.15) is 0 Å². The molecule has 0 saturated heterocycles. The molecule has 0 bridgehead atoms. The van der Waals surface area contributed by atoms with Crippen molar-refractivity contribution >= 4 is 14.9 Å². The van der Waals surface area contributed by atoms with Gasteiger partial charge >= 0.3 is 14.9 Å². The van der Waals surface area contributed by atoms with E-state index in [1.807, 2.05) is 34.6 Å². The molecule has 0 aliphatic heterocycles. The lowest BCUT2D eigenvalue weighted by molar-refractivity contribution is 0.0331. The summed E-state index contributed by atoms with van der Waals surface area (Å²) in [5.41, 5.74) is 2.22. The van der Waals surface area contributed by atoms with Gasteiger partial charge in [-0.3, -0.25) is 0 Å². The summed E-state index contributed by atoms with van der Waals surface area (Å²) >= 11 is 0. The van der Waals surface area contributed by atoms with E-state index in [1.165, 1.54) is 11.1 Å². The average Bonchev–Trinajstić information content (AvgIpc) is 2.65. The lowest BCUT2D eigenvalue weighted by Crippen LogP contribution is -2.46. The molecule has 182 valence electrons. The SMILES string of the molecule is CCO[Si](CCCNC(=O)OC(C)(C)CCC=C(C)CCC=C(C)C)(OCC)OCC. The number of rotatable bonds is 17. The summed E-state index contributed by atoms with van der Waals surface area (Å²) in [5.74, 6) is 0. The molecular formula is C24H47NO5Si. The highest BCUT2D eigenvalue weighted by Crippen LogP contribution is 2.20. The van der Waals surface area contributed by atoms with Gasteiger partial charge < -0.3 is 23.3 Å². The van der Waals surface area contributed by atoms with Crippen LogP contribution in [-0.2, 0) is 18.0 Å². The minimum absolute atomic E-state index is 0.384. The number of nitrogens with one attached hydrogen (secondary N) is 1. The number of allylic oxidation sites excluding steroid dienone is 4. The smallest absolute Gasteiger partial charge is 0.444 e. The minimum atomic E-state index is -2.66. The molecular weight excluding hydrogens is 410 g/mol. The lowest BCUT2D eigenvalue weighted by atomic mass is 10.0. The third-order valence-corrected chi connectivity index (χ3v) is 7.87. The molecule has 0 saturated carbocycles. The largest absolute Gasteiger partial charge is 0.500 e. The average molecular weight is 458 g/mol. The number of hydrogen-bond donors (Lipinski definition) is 1. The molecule has 0 heterocycles. The van der Waals surface area contributed by atoms with E-state index in [2.05, 4.69) is 38.2 Å². The third-order valence-electron chi connectivity index (χ3n) is 4.72. The quantitative estimate of drug-likeness (QED) is 0.155. The summed E-state index contributed by atoms with van der Waals surface area (Å²) in [7, 11) is -2.66. The zero-order chi connectivity index (χ0) is 23.8. The van der Waals surface area contributed by atoms with Crippen LogP contribution in [0.2, 0.25) is 6.04 Å². The van der Waals surface area contributed by atoms with Crippen LogP contribution in [0.5, 0.6) is 0 Å². The van der Waals surface area contributed by atoms with E-state index >= 15 is 0 Å². The number of carbonyl (C=O) groups excluding carboxylic acids is 1. The highest BCUT2D eigenvalue weighted by atomic mass is 28.4. The standard InChI is InChI=1S/C24H47NO5Si/c1-9-27-31(28-10-2,29-11-3)20-14-19-25-23(26)30-24(7,8)18-13-17-22(6)16-12-15-21(4)5/h15,17H,9-14,16,18-20H2,1-8H3,(H,25,26). The van der Waals surface area contributed by atoms with E-state index in [0.29, 0.717) is 32.4 Å². The maximum atomic E-state index is 12.2. The Morgan fingerprint density at radius 3 is 2.03 bits per heavy atom. The predicted molar refractivity (Wildman–Crippen MR) is 130 cm³/mol. The fourth-order valence-corrected chi connectivity index (χ4v) is 5.80. The van der Waals surface area contributed by atoms with Gasteiger partial charge in [0.1, 0.15) is 5.60 Å². The van der Waals surface area contributed by atoms with Gasteiger partial charge in [0.2, 0.25) is 0 Å². The first kappa shape index (κ1) is 29.8. The van der Waals surface area contributed by atoms with E-state index in [1.54, 1.807) is 0 Å². The van der Waals surface area contributed by atoms with Gasteiger partial charge in [-0.15, -0.1) is 0 Å². The Balaban J connectivity index is 4.35. The summed E-state index contributed by atoms with van der Waals surface area (Å²) in [4.78, 5) is 12.2. The monoisotopic (exact) mass is 457 g/mol. The molecule has 0 atom stereocenters. The molecule has 0 unspecified atom stereocenters. The van der Waals surface area contributed by atoms with Crippen LogP contribution < -0.4 is 5.32 Å². The van der Waals surface area contributed by atoms with Gasteiger partial charge in [0.25, 0.3) is 0 Å². The maximum absolute atomic E-state index is 12.2. The van der Waals surface area contributed by atoms with Crippen LogP contribution in [-0.4, -0.2) is 46.9 Å². The van der Waals surface area contributed by atoms with E-state index in [0.717, 1.165) is 32.1 Å². The third kappa shape index (κ3) is 15.3. The van der Waals surface area contributed by atoms with E-state index in [9.17, 15) is 4.79 Å². The van der Waals surface area contributed by atoms with Crippen LogP contribution in [0.3, 0.4) is 0 Å². The first-order chi connectivity index (χ1) is 14.6. The van der Waals surface area contributed by atoms with Gasteiger partial charge in [0, 0.05) is 32.4 Å². The molecule has 7 heteroatoms. The van der Waals surface area contributed by atoms with Crippen molar-refractivity contribution < 1.29 is 22.8 Å². The van der Waals surface area contributed by atoms with E-state index < -0.39 is 14.4 Å². The maximum Gasteiger partial charge on any atom is 0.500 e. The van der Waals surface area contributed by atoms with E-state index in [-0.39, 0.29) is 6.09 Å². The molecule has 0 aromatic heterocycles. The second-order valence-corrected chi connectivity index (χ2v) is 11.3. The molecule has 6 nitrogen and oxygen atoms in total. The van der Waals surface area contributed by atoms with Crippen molar-refractivity contribution in [1.29, 1.82) is 0 Å². The topological polar surface area (TPSA) is 66.0 Å². The number of alkyl carbamates (subject to hydrolysis) is 1. The summed E-state index contributed by atoms with van der Waals surface area (Å²) in [6.45, 7) is 18.3. The number of amides is 1. The molecule has 0 aromatic carbocycles. The van der Waals surface area contributed by atoms with Crippen LogP contribution in [0, 0.1) is 0 Å². The van der Waals surface area contributed by atoms with Crippen LogP contribution in [0.1, 0.15) is 87.5 Å². The number of hydrogen-bond acceptors (Lipinski definition) is 5. The number of ether oxygens (including phenoxy) is 1. The van der Waals surface area contributed by atoms with Gasteiger partial charge in [0.15, 0.2) is 0 Å². The second kappa shape index (κ2) is 16.5. The molecule has 1 N–H and O–H groups in total. The Labute approximate surface area is 192 Å². The summed E-state index contributed by atoms with van der Waals surface area (Å²) in [6.07, 6.45) is 8.68. The molecule has 31 heavy (non-hydrogen) atoms. The zero-order valence-corrected chi connectivity index (χ0v) is 22.3. The summed E-state index contributed by atoms with van der Waals surface area (Å²) in [5, 5.41) is 2.85. The van der Waals surface area contributed by atoms with Gasteiger partial charge in [-0.05, 0) is 87.5 Å². The molecule has 0 spiro atoms. The molecule has 0 fully saturated rings. The summed E-state index contributed by atoms with van der Waals surface area (Å²) in [6, 6.07) is 0.670. The number of carbonyl (C=O) groups is 1. The van der Waals surface area contributed by atoms with Crippen LogP contribution in [0.25, 0.3) is 0 Å². The molecule has 0 aliphatic rings. The van der Waals surface area contributed by atoms with Crippen molar-refractivity contribution in [3.63, 3.8) is 0 Å². The van der Waals surface area contributed by atoms with Gasteiger partial charge in [-0.25, -0.2) is 4.79 Å². The lowest BCUT2D eigenvalue weighted by Gasteiger charge is -2.28. The normalized spacial score (nSPS) is 12.6. The Morgan fingerprint density at radius 1 is 0.935 bits per heavy atom. The Bertz CT molecular complexity index is 539. The van der Waals surface area contributed by atoms with Gasteiger partial charge in [0.05, 0.1) is 0 Å². The molecule has 0 aliphatic carbocycles. The predicted octanol–water partition coefficient (Wildman–Crippen LogP) is 6.40. The van der Waals surface area contributed by atoms with Crippen LogP contribution >= 0.6 is 0 Å². The Morgan fingerprint density at radius 2 is 1.52 bits per heavy atom. The molecule has 1 amide bonds. The second-order valence-electron chi connectivity index (χ2n) is 8.57. The highest BCUT2D eigenvalue weighted by molar-refractivity contribution is 6.60. The fraction of sp³-hybridized carbons (Fsp3) is 0.792. The van der Waals surface area contributed by atoms with Crippen molar-refractivity contribution in [2.24, 2.45) is 0 Å². The van der Waals surface area contributed by atoms with Crippen molar-refractivity contribution in [2.45, 2.75) is 99.1 Å². The van der Waals surface area contributed by atoms with Crippen LogP contribution in [0.15, 0.2) is 23.3 Å². The minimum Gasteiger partial charge on any atom is -0.444 e. The first-order valence-corrected chi connectivity index (χ1v) is 13.7.